The van der Waals surface area contributed by atoms with Gasteiger partial charge >= 0.3 is 29.8 Å². The highest BCUT2D eigenvalue weighted by atomic mass is 16.7. The summed E-state index contributed by atoms with van der Waals surface area (Å²) >= 11 is 0. The van der Waals surface area contributed by atoms with Crippen LogP contribution in [0.4, 0.5) is 0 Å². The van der Waals surface area contributed by atoms with Gasteiger partial charge < -0.3 is 43.6 Å². The number of nitrogens with one attached hydrogen (secondary N) is 1. The maximum atomic E-state index is 13.0. The van der Waals surface area contributed by atoms with E-state index in [1.807, 2.05) is 6.92 Å². The summed E-state index contributed by atoms with van der Waals surface area (Å²) in [5, 5.41) is 14.2. The average Bonchev–Trinajstić information content (AvgIpc) is 2.90. The topological polar surface area (TPSA) is 199 Å². The molecule has 0 spiro atoms. The molecule has 0 bridgehead atoms. The van der Waals surface area contributed by atoms with Gasteiger partial charge in [-0.3, -0.25) is 28.8 Å². The van der Waals surface area contributed by atoms with Crippen LogP contribution in [0.15, 0.2) is 0 Å². The molecule has 15 nitrogen and oxygen atoms in total. The van der Waals surface area contributed by atoms with E-state index < -0.39 is 103 Å². The Kier molecular flexibility index (Phi) is 14.0. The van der Waals surface area contributed by atoms with E-state index in [2.05, 4.69) is 5.32 Å². The van der Waals surface area contributed by atoms with Crippen LogP contribution in [0.2, 0.25) is 0 Å². The molecule has 0 aromatic rings. The van der Waals surface area contributed by atoms with E-state index in [-0.39, 0.29) is 19.4 Å². The molecule has 44 heavy (non-hydrogen) atoms. The largest absolute Gasteiger partial charge is 0.463 e. The predicted octanol–water partition coefficient (Wildman–Crippen LogP) is 0.708. The third-order valence-corrected chi connectivity index (χ3v) is 7.33. The van der Waals surface area contributed by atoms with Gasteiger partial charge in [-0.1, -0.05) is 27.2 Å². The molecule has 0 aromatic heterocycles. The monoisotopic (exact) mass is 631 g/mol. The van der Waals surface area contributed by atoms with Crippen molar-refractivity contribution in [3.63, 3.8) is 0 Å². The summed E-state index contributed by atoms with van der Waals surface area (Å²) in [5.41, 5.74) is 0. The Bertz CT molecular complexity index is 1050. The Morgan fingerprint density at radius 1 is 0.818 bits per heavy atom. The van der Waals surface area contributed by atoms with E-state index in [4.69, 9.17) is 33.2 Å². The molecule has 4 unspecified atom stereocenters. The quantitative estimate of drug-likeness (QED) is 0.225. The number of aliphatic hydroxyl groups is 1. The number of carbonyl (C=O) groups is 6. The molecular formula is C29H45NO14. The lowest BCUT2D eigenvalue weighted by Crippen LogP contribution is -2.64. The van der Waals surface area contributed by atoms with Crippen LogP contribution in [0, 0.1) is 11.8 Å². The Morgan fingerprint density at radius 2 is 1.39 bits per heavy atom. The lowest BCUT2D eigenvalue weighted by molar-refractivity contribution is -0.315. The molecule has 1 saturated heterocycles. The smallest absolute Gasteiger partial charge is 0.303 e. The van der Waals surface area contributed by atoms with E-state index in [1.165, 1.54) is 27.7 Å². The standard InChI is InChI=1S/C29H45NO14/c1-9-10-21(39-16(5)32)28(37)30-20-11-13(2)24(23(36)26(20)41-18(7)34)44-29-14(3)25(40-17(6)33)27(42-19(8)35)22(43-29)12-38-15(4)31/h13-14,20-27,29,36H,9-12H2,1-8H3,(H,30,37)/t13?,14?,20-,21-,22?,23+,24+,25-,26?,27+,29+/m1/s1. The summed E-state index contributed by atoms with van der Waals surface area (Å²) in [7, 11) is 0. The van der Waals surface area contributed by atoms with Crippen LogP contribution in [-0.2, 0) is 61.9 Å². The van der Waals surface area contributed by atoms with Crippen molar-refractivity contribution in [2.45, 2.75) is 130 Å². The molecule has 2 aliphatic rings. The lowest BCUT2D eigenvalue weighted by atomic mass is 9.79. The normalized spacial score (nSPS) is 32.4. The van der Waals surface area contributed by atoms with Crippen LogP contribution in [-0.4, -0.2) is 103 Å². The number of carbonyl (C=O) groups excluding carboxylic acids is 6. The Hall–Kier alpha value is -3.30. The fraction of sp³-hybridized carbons (Fsp3) is 0.793. The van der Waals surface area contributed by atoms with Gasteiger partial charge in [0.15, 0.2) is 24.6 Å². The highest BCUT2D eigenvalue weighted by Gasteiger charge is 2.52. The third-order valence-electron chi connectivity index (χ3n) is 7.33. The van der Waals surface area contributed by atoms with Gasteiger partial charge in [-0.2, -0.15) is 0 Å². The van der Waals surface area contributed by atoms with Crippen molar-refractivity contribution in [3.05, 3.63) is 0 Å². The Balaban J connectivity index is 2.34. The van der Waals surface area contributed by atoms with Crippen LogP contribution >= 0.6 is 0 Å². The van der Waals surface area contributed by atoms with E-state index in [0.29, 0.717) is 6.42 Å². The molecule has 1 heterocycles. The van der Waals surface area contributed by atoms with Gasteiger partial charge in [0.05, 0.1) is 12.1 Å². The number of amides is 1. The molecule has 0 aromatic carbocycles. The summed E-state index contributed by atoms with van der Waals surface area (Å²) in [6, 6.07) is -0.852. The van der Waals surface area contributed by atoms with Gasteiger partial charge in [-0.15, -0.1) is 0 Å². The molecule has 1 aliphatic carbocycles. The summed E-state index contributed by atoms with van der Waals surface area (Å²) in [6.07, 6.45) is -8.26. The van der Waals surface area contributed by atoms with Crippen molar-refractivity contribution in [3.8, 4) is 0 Å². The van der Waals surface area contributed by atoms with Crippen LogP contribution in [0.25, 0.3) is 0 Å². The highest BCUT2D eigenvalue weighted by Crippen LogP contribution is 2.36. The van der Waals surface area contributed by atoms with Crippen LogP contribution < -0.4 is 5.32 Å². The maximum absolute atomic E-state index is 13.0. The molecule has 2 N–H and O–H groups in total. The Labute approximate surface area is 256 Å². The number of hydrogen-bond acceptors (Lipinski definition) is 14. The second-order valence-corrected chi connectivity index (χ2v) is 11.2. The van der Waals surface area contributed by atoms with Gasteiger partial charge in [0, 0.05) is 40.5 Å². The van der Waals surface area contributed by atoms with E-state index >= 15 is 0 Å². The molecule has 2 rings (SSSR count). The zero-order chi connectivity index (χ0) is 33.3. The molecule has 0 radical (unpaired) electrons. The molecular weight excluding hydrogens is 586 g/mol. The van der Waals surface area contributed by atoms with Crippen LogP contribution in [0.1, 0.15) is 74.7 Å². The first-order valence-electron chi connectivity index (χ1n) is 14.7. The fourth-order valence-corrected chi connectivity index (χ4v) is 5.50. The second-order valence-electron chi connectivity index (χ2n) is 11.2. The molecule has 1 amide bonds. The van der Waals surface area contributed by atoms with Crippen LogP contribution in [0.5, 0.6) is 0 Å². The molecule has 1 saturated carbocycles. The molecule has 15 heteroatoms. The summed E-state index contributed by atoms with van der Waals surface area (Å²) in [4.78, 5) is 72.0. The molecule has 2 fully saturated rings. The number of rotatable bonds is 12. The van der Waals surface area contributed by atoms with Crippen molar-refractivity contribution in [1.29, 1.82) is 0 Å². The molecule has 1 aliphatic heterocycles. The SMILES string of the molecule is CCC[C@@H](OC(C)=O)C(=O)N[C@@H]1CC(C)[C@H](O[C@@H]2OC(COC(C)=O)[C@H](OC(C)=O)[C@H](OC(C)=O)C2C)[C@H](O)C1OC(C)=O. The summed E-state index contributed by atoms with van der Waals surface area (Å²) in [6.45, 7) is 10.7. The van der Waals surface area contributed by atoms with Gasteiger partial charge in [0.25, 0.3) is 5.91 Å². The van der Waals surface area contributed by atoms with E-state index in [9.17, 15) is 33.9 Å². The zero-order valence-electron chi connectivity index (χ0n) is 26.4. The van der Waals surface area contributed by atoms with Crippen molar-refractivity contribution < 1.29 is 67.0 Å². The van der Waals surface area contributed by atoms with Gasteiger partial charge in [0.2, 0.25) is 0 Å². The van der Waals surface area contributed by atoms with Gasteiger partial charge in [-0.05, 0) is 18.8 Å². The third kappa shape index (κ3) is 10.4. The number of aliphatic hydroxyl groups excluding tert-OH is 1. The minimum atomic E-state index is -1.47. The van der Waals surface area contributed by atoms with Crippen molar-refractivity contribution in [1.82, 2.24) is 5.32 Å². The number of esters is 5. The minimum Gasteiger partial charge on any atom is -0.463 e. The first kappa shape index (κ1) is 36.9. The molecule has 11 atom stereocenters. The lowest BCUT2D eigenvalue weighted by Gasteiger charge is -2.48. The Morgan fingerprint density at radius 3 is 1.91 bits per heavy atom. The van der Waals surface area contributed by atoms with Crippen molar-refractivity contribution in [2.24, 2.45) is 11.8 Å². The predicted molar refractivity (Wildman–Crippen MR) is 148 cm³/mol. The first-order chi connectivity index (χ1) is 20.5. The van der Waals surface area contributed by atoms with Crippen molar-refractivity contribution >= 4 is 35.8 Å². The van der Waals surface area contributed by atoms with Gasteiger partial charge in [0.1, 0.15) is 24.9 Å². The van der Waals surface area contributed by atoms with Crippen molar-refractivity contribution in [2.75, 3.05) is 6.61 Å². The number of hydrogen-bond donors (Lipinski definition) is 2. The molecule has 250 valence electrons. The zero-order valence-corrected chi connectivity index (χ0v) is 26.4. The average molecular weight is 632 g/mol. The van der Waals surface area contributed by atoms with E-state index in [1.54, 1.807) is 13.8 Å². The van der Waals surface area contributed by atoms with E-state index in [0.717, 1.165) is 6.92 Å². The second kappa shape index (κ2) is 16.7. The fourth-order valence-electron chi connectivity index (χ4n) is 5.50. The summed E-state index contributed by atoms with van der Waals surface area (Å²) in [5.74, 6) is -5.12. The number of ether oxygens (including phenoxy) is 7. The minimum absolute atomic E-state index is 0.186. The maximum Gasteiger partial charge on any atom is 0.303 e. The summed E-state index contributed by atoms with van der Waals surface area (Å²) < 4.78 is 38.9. The highest BCUT2D eigenvalue weighted by molar-refractivity contribution is 5.83. The van der Waals surface area contributed by atoms with Gasteiger partial charge in [-0.25, -0.2) is 0 Å². The van der Waals surface area contributed by atoms with Crippen LogP contribution in [0.3, 0.4) is 0 Å². The first-order valence-corrected chi connectivity index (χ1v) is 14.7.